The molecule has 5 heteroatoms. The van der Waals surface area contributed by atoms with Gasteiger partial charge >= 0.3 is 5.97 Å². The third-order valence-corrected chi connectivity index (χ3v) is 2.35. The maximum atomic E-state index is 10.8. The highest BCUT2D eigenvalue weighted by molar-refractivity contribution is 6.17. The molecule has 0 fully saturated rings. The summed E-state index contributed by atoms with van der Waals surface area (Å²) < 4.78 is 0.454. The van der Waals surface area contributed by atoms with Crippen molar-refractivity contribution in [1.82, 2.24) is 0 Å². The van der Waals surface area contributed by atoms with Crippen LogP contribution in [-0.2, 0) is 4.79 Å². The quantitative estimate of drug-likeness (QED) is 0.445. The number of carboxylic acids is 1. The molecule has 1 N–H and O–H groups in total. The van der Waals surface area contributed by atoms with Gasteiger partial charge < -0.3 is 22.0 Å². The fraction of sp³-hybridized carbons (Fsp3) is 0.875. The van der Waals surface area contributed by atoms with Crippen molar-refractivity contribution in [2.45, 2.75) is 19.4 Å². The summed E-state index contributed by atoms with van der Waals surface area (Å²) in [5.41, 5.74) is 0. The lowest BCUT2D eigenvalue weighted by molar-refractivity contribution is -0.904. The van der Waals surface area contributed by atoms with E-state index in [1.54, 1.807) is 0 Å². The molecule has 0 aromatic carbocycles. The normalized spacial score (nSPS) is 13.2. The molecule has 1 unspecified atom stereocenters. The van der Waals surface area contributed by atoms with E-state index in [9.17, 15) is 4.79 Å². The summed E-state index contributed by atoms with van der Waals surface area (Å²) in [5, 5.41) is 8.88. The zero-order chi connectivity index (χ0) is 9.78. The number of aliphatic carboxylic acids is 1. The Bertz CT molecular complexity index is 162. The molecule has 3 nitrogen and oxygen atoms in total. The molecule has 0 heterocycles. The molecule has 0 aliphatic rings. The number of likely N-dealkylation sites (N-methyl/N-ethyl adjacent to an activating group) is 1. The molecule has 0 spiro atoms. The van der Waals surface area contributed by atoms with Gasteiger partial charge in [0.15, 0.2) is 6.04 Å². The van der Waals surface area contributed by atoms with Crippen molar-refractivity contribution in [3.8, 4) is 0 Å². The fourth-order valence-corrected chi connectivity index (χ4v) is 1.78. The second-order valence-corrected chi connectivity index (χ2v) is 3.83. The number of hydrogen-bond donors (Lipinski definition) is 1. The summed E-state index contributed by atoms with van der Waals surface area (Å²) in [7, 11) is 3.79. The summed E-state index contributed by atoms with van der Waals surface area (Å²) in [5.74, 6) is -0.246. The van der Waals surface area contributed by atoms with E-state index < -0.39 is 5.97 Å². The monoisotopic (exact) mass is 229 g/mol. The van der Waals surface area contributed by atoms with Crippen LogP contribution in [0.2, 0.25) is 0 Å². The molecule has 0 rings (SSSR count). The van der Waals surface area contributed by atoms with Gasteiger partial charge in [-0.2, -0.15) is 0 Å². The lowest BCUT2D eigenvalue weighted by atomic mass is 10.1. The van der Waals surface area contributed by atoms with Gasteiger partial charge in [0.1, 0.15) is 0 Å². The number of alkyl halides is 1. The van der Waals surface area contributed by atoms with E-state index in [-0.39, 0.29) is 18.4 Å². The second-order valence-electron chi connectivity index (χ2n) is 3.45. The molecule has 80 valence electrons. The van der Waals surface area contributed by atoms with Crippen molar-refractivity contribution in [3.63, 3.8) is 0 Å². The number of carboxylic acid groups (broad SMARTS) is 1. The molecule has 0 saturated carbocycles. The van der Waals surface area contributed by atoms with Gasteiger partial charge in [-0.05, 0) is 0 Å². The first-order valence-electron chi connectivity index (χ1n) is 4.07. The Kier molecular flexibility index (Phi) is 7.69. The maximum Gasteiger partial charge on any atom is 0.362 e. The lowest BCUT2D eigenvalue weighted by Crippen LogP contribution is -3.00. The van der Waals surface area contributed by atoms with Gasteiger partial charge in [-0.25, -0.2) is 4.79 Å². The molecule has 0 aromatic rings. The van der Waals surface area contributed by atoms with Crippen LogP contribution in [0.15, 0.2) is 0 Å². The Morgan fingerprint density at radius 3 is 2.23 bits per heavy atom. The lowest BCUT2D eigenvalue weighted by Gasteiger charge is -2.34. The topological polar surface area (TPSA) is 37.3 Å². The van der Waals surface area contributed by atoms with Crippen LogP contribution in [0.25, 0.3) is 0 Å². The Labute approximate surface area is 90.7 Å². The van der Waals surface area contributed by atoms with Gasteiger partial charge in [0.25, 0.3) is 0 Å². The highest BCUT2D eigenvalue weighted by Gasteiger charge is 2.32. The predicted molar refractivity (Wildman–Crippen MR) is 49.4 cm³/mol. The van der Waals surface area contributed by atoms with E-state index in [1.165, 1.54) is 0 Å². The third kappa shape index (κ3) is 4.69. The van der Waals surface area contributed by atoms with Crippen molar-refractivity contribution in [2.75, 3.05) is 26.5 Å². The first-order valence-corrected chi connectivity index (χ1v) is 4.60. The minimum Gasteiger partial charge on any atom is -1.00 e. The van der Waals surface area contributed by atoms with E-state index in [1.807, 2.05) is 21.0 Å². The molecule has 0 bridgehead atoms. The van der Waals surface area contributed by atoms with Gasteiger partial charge in [-0.15, -0.1) is 11.6 Å². The first kappa shape index (κ1) is 15.5. The predicted octanol–water partition coefficient (Wildman–Crippen LogP) is -1.83. The molecule has 0 aromatic heterocycles. The van der Waals surface area contributed by atoms with Crippen molar-refractivity contribution in [1.29, 1.82) is 0 Å². The Morgan fingerprint density at radius 2 is 2.00 bits per heavy atom. The van der Waals surface area contributed by atoms with Crippen LogP contribution < -0.4 is 12.4 Å². The van der Waals surface area contributed by atoms with Gasteiger partial charge in [-0.1, -0.05) is 6.92 Å². The number of nitrogens with zero attached hydrogens (tertiary/aromatic N) is 1. The Balaban J connectivity index is 0. The summed E-state index contributed by atoms with van der Waals surface area (Å²) >= 11 is 5.58. The van der Waals surface area contributed by atoms with Gasteiger partial charge in [0, 0.05) is 6.42 Å². The molecule has 0 radical (unpaired) electrons. The smallest absolute Gasteiger partial charge is 0.362 e. The van der Waals surface area contributed by atoms with Crippen molar-refractivity contribution in [3.05, 3.63) is 0 Å². The maximum absolute atomic E-state index is 10.8. The molecular formula is C8H17Cl2NO2. The summed E-state index contributed by atoms with van der Waals surface area (Å²) in [6.07, 6.45) is 0.638. The number of rotatable bonds is 5. The highest BCUT2D eigenvalue weighted by Crippen LogP contribution is 2.10. The molecule has 0 amide bonds. The van der Waals surface area contributed by atoms with Crippen LogP contribution in [0.1, 0.15) is 13.3 Å². The second kappa shape index (κ2) is 6.46. The molecule has 13 heavy (non-hydrogen) atoms. The van der Waals surface area contributed by atoms with E-state index in [2.05, 4.69) is 0 Å². The standard InChI is InChI=1S/C8H16ClNO2.ClH/c1-4-7(8(11)12)10(2,3)6-5-9;/h7H,4-6H2,1-3H3;1H. The summed E-state index contributed by atoms with van der Waals surface area (Å²) in [4.78, 5) is 10.8. The molecule has 0 aliphatic heterocycles. The molecule has 1 atom stereocenters. The Hall–Kier alpha value is 0.01000. The molecule has 0 saturated heterocycles. The van der Waals surface area contributed by atoms with Crippen LogP contribution in [-0.4, -0.2) is 48.1 Å². The van der Waals surface area contributed by atoms with Gasteiger partial charge in [0.2, 0.25) is 0 Å². The largest absolute Gasteiger partial charge is 1.00 e. The summed E-state index contributed by atoms with van der Waals surface area (Å²) in [6.45, 7) is 2.57. The van der Waals surface area contributed by atoms with Crippen molar-refractivity contribution < 1.29 is 26.8 Å². The first-order chi connectivity index (χ1) is 5.45. The van der Waals surface area contributed by atoms with Crippen LogP contribution in [0, 0.1) is 0 Å². The SMILES string of the molecule is CCC(C(=O)O)[N+](C)(C)CCCl.[Cl-]. The van der Waals surface area contributed by atoms with E-state index >= 15 is 0 Å². The Morgan fingerprint density at radius 1 is 1.54 bits per heavy atom. The number of halogens is 2. The van der Waals surface area contributed by atoms with E-state index in [0.29, 0.717) is 23.3 Å². The molecule has 0 aliphatic carbocycles. The number of quaternary nitrogens is 1. The zero-order valence-corrected chi connectivity index (χ0v) is 9.77. The van der Waals surface area contributed by atoms with E-state index in [0.717, 1.165) is 0 Å². The fourth-order valence-electron chi connectivity index (χ4n) is 1.34. The van der Waals surface area contributed by atoms with Crippen LogP contribution in [0.3, 0.4) is 0 Å². The average molecular weight is 230 g/mol. The minimum absolute atomic E-state index is 0. The minimum atomic E-state index is -0.743. The van der Waals surface area contributed by atoms with E-state index in [4.69, 9.17) is 16.7 Å². The van der Waals surface area contributed by atoms with Crippen LogP contribution in [0.5, 0.6) is 0 Å². The van der Waals surface area contributed by atoms with Gasteiger partial charge in [0.05, 0.1) is 26.5 Å². The highest BCUT2D eigenvalue weighted by atomic mass is 35.5. The van der Waals surface area contributed by atoms with Crippen LogP contribution in [0.4, 0.5) is 0 Å². The summed E-state index contributed by atoms with van der Waals surface area (Å²) in [6, 6.07) is -0.344. The average Bonchev–Trinajstić information content (AvgIpc) is 1.86. The zero-order valence-electron chi connectivity index (χ0n) is 8.26. The van der Waals surface area contributed by atoms with Crippen molar-refractivity contribution >= 4 is 17.6 Å². The van der Waals surface area contributed by atoms with Gasteiger partial charge in [-0.3, -0.25) is 0 Å². The number of carbonyl (C=O) groups is 1. The van der Waals surface area contributed by atoms with Crippen LogP contribution >= 0.6 is 11.6 Å². The van der Waals surface area contributed by atoms with Crippen molar-refractivity contribution in [2.24, 2.45) is 0 Å². The number of hydrogen-bond acceptors (Lipinski definition) is 1. The third-order valence-electron chi connectivity index (χ3n) is 2.18. The molecular weight excluding hydrogens is 213 g/mol.